The molecule has 4 atom stereocenters. The molecule has 5 heterocycles. The molecule has 0 unspecified atom stereocenters. The van der Waals surface area contributed by atoms with Crippen LogP contribution in [0.25, 0.3) is 0 Å². The Morgan fingerprint density at radius 1 is 1.52 bits per heavy atom. The lowest BCUT2D eigenvalue weighted by Gasteiger charge is -2.29. The van der Waals surface area contributed by atoms with Crippen molar-refractivity contribution in [2.45, 2.75) is 38.0 Å². The average Bonchev–Trinajstić information content (AvgIpc) is 3.41. The number of halogens is 1. The summed E-state index contributed by atoms with van der Waals surface area (Å²) in [6.07, 6.45) is 4.28. The van der Waals surface area contributed by atoms with Crippen molar-refractivity contribution in [3.05, 3.63) is 40.8 Å². The Balaban J connectivity index is 1.24. The summed E-state index contributed by atoms with van der Waals surface area (Å²) in [5.41, 5.74) is 1.02. The van der Waals surface area contributed by atoms with E-state index in [-0.39, 0.29) is 28.6 Å². The zero-order valence-corrected chi connectivity index (χ0v) is 16.0. The lowest BCUT2D eigenvalue weighted by molar-refractivity contribution is 0.00195. The number of rotatable bonds is 5. The number of aromatic nitrogens is 2. The quantitative estimate of drug-likeness (QED) is 0.818. The molecule has 3 fully saturated rings. The van der Waals surface area contributed by atoms with Crippen LogP contribution in [0.5, 0.6) is 0 Å². The Morgan fingerprint density at radius 2 is 2.41 bits per heavy atom. The number of nitrogens with one attached hydrogen (secondary N) is 2. The van der Waals surface area contributed by atoms with E-state index in [1.54, 1.807) is 12.1 Å². The van der Waals surface area contributed by atoms with Gasteiger partial charge < -0.3 is 19.5 Å². The first kappa shape index (κ1) is 17.3. The Bertz CT molecular complexity index is 865. The van der Waals surface area contributed by atoms with Gasteiger partial charge in [0.2, 0.25) is 0 Å². The molecule has 1 amide bonds. The van der Waals surface area contributed by atoms with E-state index in [0.717, 1.165) is 44.0 Å². The number of aromatic amines is 1. The number of furan rings is 1. The van der Waals surface area contributed by atoms with E-state index in [2.05, 4.69) is 20.2 Å². The van der Waals surface area contributed by atoms with Gasteiger partial charge in [-0.05, 0) is 43.5 Å². The molecule has 0 radical (unpaired) electrons. The van der Waals surface area contributed by atoms with Crippen LogP contribution in [0.1, 0.15) is 34.9 Å². The van der Waals surface area contributed by atoms with Gasteiger partial charge in [0.05, 0.1) is 18.2 Å². The molecule has 2 N–H and O–H groups in total. The molecular formula is C19H23ClN4O3. The van der Waals surface area contributed by atoms with Crippen molar-refractivity contribution in [1.82, 2.24) is 20.2 Å². The minimum Gasteiger partial charge on any atom is -0.440 e. The molecule has 2 aromatic rings. The predicted molar refractivity (Wildman–Crippen MR) is 98.5 cm³/mol. The molecule has 3 aliphatic rings. The summed E-state index contributed by atoms with van der Waals surface area (Å²) < 4.78 is 11.6. The fourth-order valence-corrected chi connectivity index (χ4v) is 5.32. The van der Waals surface area contributed by atoms with Gasteiger partial charge in [0.1, 0.15) is 5.82 Å². The van der Waals surface area contributed by atoms with E-state index in [0.29, 0.717) is 18.4 Å². The number of likely N-dealkylation sites (tertiary alicyclic amines) is 1. The minimum atomic E-state index is -0.223. The highest BCUT2D eigenvalue weighted by Gasteiger charge is 2.62. The van der Waals surface area contributed by atoms with Crippen LogP contribution in [0.15, 0.2) is 22.7 Å². The summed E-state index contributed by atoms with van der Waals surface area (Å²) in [6.45, 7) is 5.34. The standard InChI is InChI=1S/C19H23ClN4O3/c1-11-6-21-17(23-11)9-24-8-13-12(14-4-5-19(13,10-24)27-14)7-22-18(25)15-2-3-16(20)26-15/h2-3,6,12-14H,4-5,7-10H2,1H3,(H,21,23)(H,22,25)/t12-,13+,14+,19+/m0/s1. The van der Waals surface area contributed by atoms with Crippen LogP contribution in [0.2, 0.25) is 5.22 Å². The number of carbonyl (C=O) groups is 1. The highest BCUT2D eigenvalue weighted by atomic mass is 35.5. The van der Waals surface area contributed by atoms with E-state index in [1.807, 2.05) is 13.1 Å². The molecule has 2 aromatic heterocycles. The maximum absolute atomic E-state index is 12.3. The summed E-state index contributed by atoms with van der Waals surface area (Å²) >= 11 is 5.76. The van der Waals surface area contributed by atoms with Gasteiger partial charge in [-0.2, -0.15) is 0 Å². The van der Waals surface area contributed by atoms with Crippen LogP contribution < -0.4 is 5.32 Å². The molecule has 2 bridgehead atoms. The topological polar surface area (TPSA) is 83.4 Å². The molecule has 0 saturated carbocycles. The third-order valence-corrected chi connectivity index (χ3v) is 6.48. The van der Waals surface area contributed by atoms with Gasteiger partial charge in [-0.15, -0.1) is 0 Å². The molecule has 144 valence electrons. The van der Waals surface area contributed by atoms with Gasteiger partial charge in [-0.25, -0.2) is 4.98 Å². The Morgan fingerprint density at radius 3 is 3.15 bits per heavy atom. The lowest BCUT2D eigenvalue weighted by atomic mass is 9.73. The number of fused-ring (bicyclic) bond motifs is 1. The Labute approximate surface area is 162 Å². The van der Waals surface area contributed by atoms with Crippen molar-refractivity contribution in [3.63, 3.8) is 0 Å². The third kappa shape index (κ3) is 2.98. The first-order valence-corrected chi connectivity index (χ1v) is 9.84. The predicted octanol–water partition coefficient (Wildman–Crippen LogP) is 2.37. The molecule has 0 aromatic carbocycles. The van der Waals surface area contributed by atoms with Crippen LogP contribution in [0.3, 0.4) is 0 Å². The number of hydrogen-bond donors (Lipinski definition) is 2. The molecule has 0 aliphatic carbocycles. The molecular weight excluding hydrogens is 368 g/mol. The first-order valence-electron chi connectivity index (χ1n) is 9.47. The third-order valence-electron chi connectivity index (χ3n) is 6.28. The first-order chi connectivity index (χ1) is 13.0. The van der Waals surface area contributed by atoms with Crippen LogP contribution in [0.4, 0.5) is 0 Å². The lowest BCUT2D eigenvalue weighted by Crippen LogP contribution is -2.41. The van der Waals surface area contributed by atoms with E-state index in [4.69, 9.17) is 20.8 Å². The number of nitrogens with zero attached hydrogens (tertiary/aromatic N) is 2. The van der Waals surface area contributed by atoms with Gasteiger partial charge in [-0.1, -0.05) is 0 Å². The fraction of sp³-hybridized carbons (Fsp3) is 0.579. The second-order valence-electron chi connectivity index (χ2n) is 8.03. The van der Waals surface area contributed by atoms with E-state index in [9.17, 15) is 4.79 Å². The van der Waals surface area contributed by atoms with Crippen molar-refractivity contribution in [2.75, 3.05) is 19.6 Å². The fourth-order valence-electron chi connectivity index (χ4n) is 5.17. The molecule has 1 spiro atoms. The molecule has 7 nitrogen and oxygen atoms in total. The second-order valence-corrected chi connectivity index (χ2v) is 8.40. The maximum Gasteiger partial charge on any atom is 0.287 e. The number of aryl methyl sites for hydroxylation is 1. The number of ether oxygens (including phenoxy) is 1. The number of imidazole rings is 1. The molecule has 8 heteroatoms. The number of amides is 1. The summed E-state index contributed by atoms with van der Waals surface area (Å²) in [7, 11) is 0. The van der Waals surface area contributed by atoms with Crippen molar-refractivity contribution >= 4 is 17.5 Å². The number of H-pyrrole nitrogens is 1. The number of carbonyl (C=O) groups excluding carboxylic acids is 1. The van der Waals surface area contributed by atoms with Crippen molar-refractivity contribution in [2.24, 2.45) is 11.8 Å². The van der Waals surface area contributed by atoms with Crippen molar-refractivity contribution in [1.29, 1.82) is 0 Å². The largest absolute Gasteiger partial charge is 0.440 e. The zero-order valence-electron chi connectivity index (χ0n) is 15.2. The van der Waals surface area contributed by atoms with Crippen LogP contribution in [-0.4, -0.2) is 52.1 Å². The van der Waals surface area contributed by atoms with Gasteiger partial charge in [0, 0.05) is 43.4 Å². The van der Waals surface area contributed by atoms with Crippen LogP contribution in [0, 0.1) is 18.8 Å². The zero-order chi connectivity index (χ0) is 18.6. The van der Waals surface area contributed by atoms with Crippen LogP contribution in [-0.2, 0) is 11.3 Å². The smallest absolute Gasteiger partial charge is 0.287 e. The normalized spacial score (nSPS) is 32.1. The maximum atomic E-state index is 12.3. The minimum absolute atomic E-state index is 0.0598. The summed E-state index contributed by atoms with van der Waals surface area (Å²) in [5, 5.41) is 3.23. The summed E-state index contributed by atoms with van der Waals surface area (Å²) in [6, 6.07) is 3.18. The van der Waals surface area contributed by atoms with Crippen LogP contribution >= 0.6 is 11.6 Å². The average molecular weight is 391 g/mol. The second kappa shape index (κ2) is 6.36. The molecule has 5 rings (SSSR count). The van der Waals surface area contributed by atoms with E-state index >= 15 is 0 Å². The van der Waals surface area contributed by atoms with Crippen molar-refractivity contribution in [3.8, 4) is 0 Å². The molecule has 3 saturated heterocycles. The summed E-state index contributed by atoms with van der Waals surface area (Å²) in [5.74, 6) is 1.79. The Hall–Kier alpha value is -1.83. The highest BCUT2D eigenvalue weighted by molar-refractivity contribution is 6.29. The summed E-state index contributed by atoms with van der Waals surface area (Å²) in [4.78, 5) is 22.5. The van der Waals surface area contributed by atoms with Crippen molar-refractivity contribution < 1.29 is 13.9 Å². The number of hydrogen-bond acceptors (Lipinski definition) is 5. The highest BCUT2D eigenvalue weighted by Crippen LogP contribution is 2.54. The van der Waals surface area contributed by atoms with Gasteiger partial charge in [0.25, 0.3) is 5.91 Å². The van der Waals surface area contributed by atoms with Gasteiger partial charge in [0.15, 0.2) is 11.0 Å². The monoisotopic (exact) mass is 390 g/mol. The van der Waals surface area contributed by atoms with Gasteiger partial charge in [-0.3, -0.25) is 9.69 Å². The van der Waals surface area contributed by atoms with Gasteiger partial charge >= 0.3 is 0 Å². The molecule has 3 aliphatic heterocycles. The Kier molecular flexibility index (Phi) is 4.07. The van der Waals surface area contributed by atoms with E-state index in [1.165, 1.54) is 0 Å². The van der Waals surface area contributed by atoms with E-state index < -0.39 is 0 Å². The molecule has 27 heavy (non-hydrogen) atoms. The SMILES string of the molecule is Cc1cnc(CN2C[C@@H]3[C@H](CNC(=O)c4ccc(Cl)o4)[C@H]4CC[C@]3(C2)O4)[nH]1.